The van der Waals surface area contributed by atoms with Crippen molar-refractivity contribution in [3.63, 3.8) is 0 Å². The molecule has 0 aromatic heterocycles. The van der Waals surface area contributed by atoms with Crippen LogP contribution >= 0.6 is 0 Å². The van der Waals surface area contributed by atoms with E-state index in [1.165, 1.54) is 0 Å². The van der Waals surface area contributed by atoms with E-state index in [1.54, 1.807) is 0 Å². The average Bonchev–Trinajstić information content (AvgIpc) is 3.12. The van der Waals surface area contributed by atoms with Gasteiger partial charge in [-0.25, -0.2) is 0 Å². The first kappa shape index (κ1) is 52.7. The van der Waals surface area contributed by atoms with E-state index in [-0.39, 0.29) is 47.3 Å². The molecule has 0 unspecified atom stereocenters. The van der Waals surface area contributed by atoms with E-state index < -0.39 is 0 Å². The topological polar surface area (TPSA) is 116 Å². The third-order valence-corrected chi connectivity index (χ3v) is 9.53. The minimum Gasteiger partial charge on any atom is -0.356 e. The molecular weight excluding hydrogens is 600 g/mol. The summed E-state index contributed by atoms with van der Waals surface area (Å²) in [5, 5.41) is 11.8. The van der Waals surface area contributed by atoms with Crippen molar-refractivity contribution in [1.82, 2.24) is 21.3 Å². The summed E-state index contributed by atoms with van der Waals surface area (Å²) in [5.41, 5.74) is 0. The van der Waals surface area contributed by atoms with E-state index in [1.807, 2.05) is 55.4 Å². The molecule has 0 bridgehead atoms. The Labute approximate surface area is 299 Å². The first-order valence-corrected chi connectivity index (χ1v) is 19.6. The van der Waals surface area contributed by atoms with Gasteiger partial charge in [-0.15, -0.1) is 0 Å². The molecule has 0 heterocycles. The van der Waals surface area contributed by atoms with Crippen LogP contribution in [0.3, 0.4) is 0 Å². The second-order valence-corrected chi connectivity index (χ2v) is 14.3. The van der Waals surface area contributed by atoms with Crippen molar-refractivity contribution in [3.8, 4) is 0 Å². The lowest BCUT2D eigenvalue weighted by Crippen LogP contribution is -2.32. The maximum absolute atomic E-state index is 11.3. The van der Waals surface area contributed by atoms with Crippen LogP contribution in [-0.4, -0.2) is 49.8 Å². The van der Waals surface area contributed by atoms with Gasteiger partial charge >= 0.3 is 0 Å². The van der Waals surface area contributed by atoms with Crippen LogP contribution in [0.1, 0.15) is 162 Å². The standard InChI is InChI=1S/4C10H21NO/c4*1-5-8(3)7-11-10(12)9(4)6-2/h4*8-9H,5-7H2,1-4H3,(H,11,12)/t2*8-,9+;2*8-,9-/m1010/s1. The number of nitrogens with one attached hydrogen (secondary N) is 4. The summed E-state index contributed by atoms with van der Waals surface area (Å²) < 4.78 is 0. The number of carbonyl (C=O) groups excluding carboxylic acids is 4. The number of hydrogen-bond donors (Lipinski definition) is 4. The summed E-state index contributed by atoms with van der Waals surface area (Å²) >= 11 is 0. The molecule has 0 aliphatic rings. The second-order valence-electron chi connectivity index (χ2n) is 14.3. The van der Waals surface area contributed by atoms with Crippen molar-refractivity contribution in [3.05, 3.63) is 0 Å². The number of hydrogen-bond acceptors (Lipinski definition) is 4. The van der Waals surface area contributed by atoms with Crippen LogP contribution in [0.4, 0.5) is 0 Å². The molecular formula is C40H84N4O4. The zero-order chi connectivity index (χ0) is 38.2. The molecule has 0 aliphatic carbocycles. The molecule has 288 valence electrons. The third kappa shape index (κ3) is 32.4. The predicted octanol–water partition coefficient (Wildman–Crippen LogP) is 8.78. The molecule has 0 rings (SSSR count). The Kier molecular flexibility index (Phi) is 38.1. The minimum atomic E-state index is 0.161. The van der Waals surface area contributed by atoms with Gasteiger partial charge in [0.05, 0.1) is 0 Å². The Morgan fingerprint density at radius 3 is 0.562 bits per heavy atom. The smallest absolute Gasteiger partial charge is 0.222 e. The molecule has 0 saturated heterocycles. The molecule has 0 spiro atoms. The highest BCUT2D eigenvalue weighted by Gasteiger charge is 2.12. The highest BCUT2D eigenvalue weighted by molar-refractivity contribution is 5.79. The fourth-order valence-electron chi connectivity index (χ4n) is 3.12. The van der Waals surface area contributed by atoms with Crippen LogP contribution in [0.25, 0.3) is 0 Å². The van der Waals surface area contributed by atoms with Crippen LogP contribution in [0.15, 0.2) is 0 Å². The van der Waals surface area contributed by atoms with Crippen molar-refractivity contribution in [2.24, 2.45) is 47.3 Å². The maximum atomic E-state index is 11.3. The van der Waals surface area contributed by atoms with Gasteiger partial charge < -0.3 is 21.3 Å². The SMILES string of the molecule is CC[C@@H](C)CNC(=O)[C@@H](C)CC.CC[C@@H](C)CNC(=O)[C@H](C)CC.CC[C@H](C)CNC(=O)[C@@H](C)CC.CC[C@H](C)CNC(=O)[C@H](C)CC. The van der Waals surface area contributed by atoms with E-state index in [9.17, 15) is 19.2 Å². The van der Waals surface area contributed by atoms with Gasteiger partial charge in [-0.05, 0) is 49.4 Å². The van der Waals surface area contributed by atoms with Gasteiger partial charge in [0.25, 0.3) is 0 Å². The van der Waals surface area contributed by atoms with Gasteiger partial charge in [0.2, 0.25) is 23.6 Å². The molecule has 0 fully saturated rings. The van der Waals surface area contributed by atoms with Gasteiger partial charge in [-0.3, -0.25) is 19.2 Å². The molecule has 8 heteroatoms. The van der Waals surface area contributed by atoms with Gasteiger partial charge in [-0.1, -0.05) is 136 Å². The Morgan fingerprint density at radius 1 is 0.312 bits per heavy atom. The third-order valence-electron chi connectivity index (χ3n) is 9.53. The molecule has 4 amide bonds. The van der Waals surface area contributed by atoms with Crippen molar-refractivity contribution in [2.75, 3.05) is 26.2 Å². The first-order valence-electron chi connectivity index (χ1n) is 19.6. The van der Waals surface area contributed by atoms with Crippen LogP contribution < -0.4 is 21.3 Å². The number of amides is 4. The van der Waals surface area contributed by atoms with Crippen molar-refractivity contribution < 1.29 is 19.2 Å². The van der Waals surface area contributed by atoms with E-state index in [0.29, 0.717) is 23.7 Å². The predicted molar refractivity (Wildman–Crippen MR) is 208 cm³/mol. The van der Waals surface area contributed by atoms with Crippen molar-refractivity contribution in [1.29, 1.82) is 0 Å². The molecule has 8 atom stereocenters. The van der Waals surface area contributed by atoms with E-state index in [0.717, 1.165) is 77.5 Å². The van der Waals surface area contributed by atoms with Crippen LogP contribution in [0.2, 0.25) is 0 Å². The monoisotopic (exact) mass is 685 g/mol. The van der Waals surface area contributed by atoms with Crippen molar-refractivity contribution in [2.45, 2.75) is 162 Å². The van der Waals surface area contributed by atoms with Gasteiger partial charge in [0.15, 0.2) is 0 Å². The van der Waals surface area contributed by atoms with Gasteiger partial charge in [-0.2, -0.15) is 0 Å². The molecule has 4 N–H and O–H groups in total. The highest BCUT2D eigenvalue weighted by atomic mass is 16.2. The fraction of sp³-hybridized carbons (Fsp3) is 0.900. The molecule has 8 nitrogen and oxygen atoms in total. The van der Waals surface area contributed by atoms with E-state index >= 15 is 0 Å². The normalized spacial score (nSPS) is 15.3. The largest absolute Gasteiger partial charge is 0.356 e. The summed E-state index contributed by atoms with van der Waals surface area (Å²) in [6.45, 7) is 36.4. The van der Waals surface area contributed by atoms with E-state index in [2.05, 4.69) is 76.7 Å². The summed E-state index contributed by atoms with van der Waals surface area (Å²) in [6, 6.07) is 0. The highest BCUT2D eigenvalue weighted by Crippen LogP contribution is 2.05. The lowest BCUT2D eigenvalue weighted by atomic mass is 10.1. The zero-order valence-electron chi connectivity index (χ0n) is 34.7. The molecule has 0 radical (unpaired) electrons. The van der Waals surface area contributed by atoms with Crippen LogP contribution in [-0.2, 0) is 19.2 Å². The quantitative estimate of drug-likeness (QED) is 0.103. The molecule has 0 aromatic carbocycles. The summed E-state index contributed by atoms with van der Waals surface area (Å²) in [5.74, 6) is 3.80. The summed E-state index contributed by atoms with van der Waals surface area (Å²) in [6.07, 6.45) is 8.19. The average molecular weight is 685 g/mol. The lowest BCUT2D eigenvalue weighted by molar-refractivity contribution is -0.125. The van der Waals surface area contributed by atoms with Gasteiger partial charge in [0.1, 0.15) is 0 Å². The summed E-state index contributed by atoms with van der Waals surface area (Å²) in [7, 11) is 0. The Morgan fingerprint density at radius 2 is 0.458 bits per heavy atom. The fourth-order valence-corrected chi connectivity index (χ4v) is 3.12. The number of carbonyl (C=O) groups is 4. The van der Waals surface area contributed by atoms with Crippen molar-refractivity contribution >= 4 is 23.6 Å². The zero-order valence-corrected chi connectivity index (χ0v) is 34.7. The molecule has 0 saturated carbocycles. The molecule has 48 heavy (non-hydrogen) atoms. The first-order chi connectivity index (χ1) is 22.5. The van der Waals surface area contributed by atoms with Crippen LogP contribution in [0, 0.1) is 47.3 Å². The molecule has 0 aromatic rings. The maximum Gasteiger partial charge on any atom is 0.222 e. The minimum absolute atomic E-state index is 0.161. The number of rotatable bonds is 20. The lowest BCUT2D eigenvalue weighted by Gasteiger charge is -2.13. The Hall–Kier alpha value is -2.12. The second kappa shape index (κ2) is 34.7. The van der Waals surface area contributed by atoms with Gasteiger partial charge in [0, 0.05) is 49.9 Å². The van der Waals surface area contributed by atoms with Crippen LogP contribution in [0.5, 0.6) is 0 Å². The Bertz CT molecular complexity index is 663. The Balaban J connectivity index is -0.000000269. The van der Waals surface area contributed by atoms with E-state index in [4.69, 9.17) is 0 Å². The molecule has 0 aliphatic heterocycles. The summed E-state index contributed by atoms with van der Waals surface area (Å²) in [4.78, 5) is 45.1.